The Balaban J connectivity index is 1.22. The normalized spacial score (nSPS) is 26.1. The standard InChI is InChI=1S/C32H36FN5O3/c33-26-4-2-1-3-25(26)27-11-6-22(20-35-27)32(19-21(29(34)39)5-12-28(32)41-24-9-10-24)36-30(40)31(13-14-31)38-17-15-37(16-18-38)23-7-8-23/h1-6,11-12,20,23-24H,7-10,13-19H2,(H2,34,39)(H,36,40). The summed E-state index contributed by atoms with van der Waals surface area (Å²) in [5.74, 6) is -0.388. The second-order valence-corrected chi connectivity index (χ2v) is 12.1. The number of pyridine rings is 1. The number of rotatable bonds is 9. The van der Waals surface area contributed by atoms with Crippen LogP contribution < -0.4 is 11.1 Å². The van der Waals surface area contributed by atoms with Gasteiger partial charge in [-0.1, -0.05) is 24.3 Å². The molecule has 4 fully saturated rings. The van der Waals surface area contributed by atoms with Crippen LogP contribution in [0, 0.1) is 5.82 Å². The summed E-state index contributed by atoms with van der Waals surface area (Å²) in [7, 11) is 0. The maximum Gasteiger partial charge on any atom is 0.244 e. The van der Waals surface area contributed by atoms with Crippen molar-refractivity contribution >= 4 is 11.8 Å². The van der Waals surface area contributed by atoms with Crippen molar-refractivity contribution in [3.63, 3.8) is 0 Å². The van der Waals surface area contributed by atoms with Crippen LogP contribution in [0.15, 0.2) is 66.1 Å². The van der Waals surface area contributed by atoms with E-state index in [1.807, 2.05) is 6.07 Å². The van der Waals surface area contributed by atoms with Gasteiger partial charge in [0.15, 0.2) is 0 Å². The number of carbonyl (C=O) groups excluding carboxylic acids is 2. The van der Waals surface area contributed by atoms with Gasteiger partial charge < -0.3 is 15.8 Å². The molecule has 1 aromatic carbocycles. The molecule has 1 saturated heterocycles. The van der Waals surface area contributed by atoms with Gasteiger partial charge in [0.1, 0.15) is 22.7 Å². The van der Waals surface area contributed by atoms with Gasteiger partial charge in [-0.05, 0) is 62.8 Å². The van der Waals surface area contributed by atoms with E-state index in [2.05, 4.69) is 20.1 Å². The highest BCUT2D eigenvalue weighted by molar-refractivity contribution is 5.94. The lowest BCUT2D eigenvalue weighted by Gasteiger charge is -2.43. The topological polar surface area (TPSA) is 101 Å². The SMILES string of the molecule is NC(=O)C1=CC=C(OC2CC2)C(NC(=O)C2(N3CCN(C4CC4)CC3)CC2)(c2ccc(-c3ccccc3F)nc2)C1. The largest absolute Gasteiger partial charge is 0.492 e. The number of aromatic nitrogens is 1. The van der Waals surface area contributed by atoms with Crippen molar-refractivity contribution in [2.75, 3.05) is 26.2 Å². The first-order valence-electron chi connectivity index (χ1n) is 14.8. The number of hydrogen-bond acceptors (Lipinski definition) is 6. The maximum absolute atomic E-state index is 14.5. The van der Waals surface area contributed by atoms with Gasteiger partial charge in [0, 0.05) is 61.5 Å². The van der Waals surface area contributed by atoms with Crippen LogP contribution in [0.1, 0.15) is 50.5 Å². The lowest BCUT2D eigenvalue weighted by atomic mass is 9.78. The molecule has 2 aromatic rings. The highest BCUT2D eigenvalue weighted by atomic mass is 19.1. The summed E-state index contributed by atoms with van der Waals surface area (Å²) in [5.41, 5.74) is 5.98. The Morgan fingerprint density at radius 3 is 2.37 bits per heavy atom. The summed E-state index contributed by atoms with van der Waals surface area (Å²) < 4.78 is 20.9. The van der Waals surface area contributed by atoms with E-state index in [4.69, 9.17) is 10.5 Å². The molecule has 8 nitrogen and oxygen atoms in total. The van der Waals surface area contributed by atoms with Crippen molar-refractivity contribution in [1.29, 1.82) is 0 Å². The molecule has 1 aliphatic heterocycles. The van der Waals surface area contributed by atoms with E-state index in [9.17, 15) is 14.0 Å². The molecule has 5 aliphatic rings. The second-order valence-electron chi connectivity index (χ2n) is 12.1. The van der Waals surface area contributed by atoms with Crippen molar-refractivity contribution in [1.82, 2.24) is 20.1 Å². The van der Waals surface area contributed by atoms with E-state index in [1.165, 1.54) is 18.9 Å². The molecule has 9 heteroatoms. The average molecular weight is 558 g/mol. The van der Waals surface area contributed by atoms with Gasteiger partial charge >= 0.3 is 0 Å². The fourth-order valence-electron chi connectivity index (χ4n) is 6.39. The van der Waals surface area contributed by atoms with Crippen LogP contribution in [0.4, 0.5) is 4.39 Å². The summed E-state index contributed by atoms with van der Waals surface area (Å²) in [4.78, 5) is 36.2. The fourth-order valence-corrected chi connectivity index (χ4v) is 6.39. The number of nitrogens with zero attached hydrogens (tertiary/aromatic N) is 3. The Morgan fingerprint density at radius 2 is 1.76 bits per heavy atom. The maximum atomic E-state index is 14.5. The number of piperazine rings is 1. The number of nitrogens with one attached hydrogen (secondary N) is 1. The molecule has 0 radical (unpaired) electrons. The summed E-state index contributed by atoms with van der Waals surface area (Å²) in [6.45, 7) is 3.70. The Morgan fingerprint density at radius 1 is 1.00 bits per heavy atom. The zero-order valence-electron chi connectivity index (χ0n) is 23.2. The number of amides is 2. The molecule has 41 heavy (non-hydrogen) atoms. The summed E-state index contributed by atoms with van der Waals surface area (Å²) in [6.07, 6.45) is 11.4. The Kier molecular flexibility index (Phi) is 6.47. The van der Waals surface area contributed by atoms with Gasteiger partial charge in [-0.2, -0.15) is 0 Å². The third-order valence-corrected chi connectivity index (χ3v) is 9.31. The molecule has 3 saturated carbocycles. The average Bonchev–Trinajstić information content (AvgIpc) is 3.83. The minimum Gasteiger partial charge on any atom is -0.492 e. The molecule has 1 unspecified atom stereocenters. The van der Waals surface area contributed by atoms with Crippen LogP contribution in [0.25, 0.3) is 11.3 Å². The number of ether oxygens (including phenoxy) is 1. The zero-order chi connectivity index (χ0) is 28.2. The first-order valence-corrected chi connectivity index (χ1v) is 14.8. The molecule has 2 heterocycles. The lowest BCUT2D eigenvalue weighted by molar-refractivity contribution is -0.131. The molecular formula is C32H36FN5O3. The first kappa shape index (κ1) is 26.3. The number of nitrogens with two attached hydrogens (primary N) is 1. The van der Waals surface area contributed by atoms with Gasteiger partial charge in [0.25, 0.3) is 0 Å². The van der Waals surface area contributed by atoms with E-state index in [1.54, 1.807) is 42.6 Å². The van der Waals surface area contributed by atoms with Gasteiger partial charge in [-0.15, -0.1) is 0 Å². The number of allylic oxidation sites excluding steroid dienone is 2. The molecule has 0 bridgehead atoms. The number of primary amides is 1. The van der Waals surface area contributed by atoms with Crippen LogP contribution in [0.5, 0.6) is 0 Å². The van der Waals surface area contributed by atoms with Crippen molar-refractivity contribution in [2.24, 2.45) is 5.73 Å². The quantitative estimate of drug-likeness (QED) is 0.490. The van der Waals surface area contributed by atoms with Crippen molar-refractivity contribution in [3.8, 4) is 11.3 Å². The molecule has 1 aromatic heterocycles. The monoisotopic (exact) mass is 557 g/mol. The van der Waals surface area contributed by atoms with Crippen LogP contribution >= 0.6 is 0 Å². The van der Waals surface area contributed by atoms with E-state index in [-0.39, 0.29) is 24.2 Å². The minimum absolute atomic E-state index is 0.0634. The molecule has 214 valence electrons. The van der Waals surface area contributed by atoms with Crippen LogP contribution in [0.3, 0.4) is 0 Å². The lowest BCUT2D eigenvalue weighted by Crippen LogP contribution is -2.60. The molecule has 7 rings (SSSR count). The number of hydrogen-bond donors (Lipinski definition) is 2. The predicted octanol–water partition coefficient (Wildman–Crippen LogP) is 3.39. The van der Waals surface area contributed by atoms with Crippen LogP contribution in [0.2, 0.25) is 0 Å². The minimum atomic E-state index is -1.16. The zero-order valence-corrected chi connectivity index (χ0v) is 23.2. The predicted molar refractivity (Wildman–Crippen MR) is 152 cm³/mol. The van der Waals surface area contributed by atoms with E-state index in [0.29, 0.717) is 28.2 Å². The summed E-state index contributed by atoms with van der Waals surface area (Å²) >= 11 is 0. The molecule has 4 aliphatic carbocycles. The highest BCUT2D eigenvalue weighted by Gasteiger charge is 2.58. The van der Waals surface area contributed by atoms with Crippen molar-refractivity contribution < 1.29 is 18.7 Å². The Labute approximate surface area is 239 Å². The molecule has 1 atom stereocenters. The molecule has 3 N–H and O–H groups in total. The first-order chi connectivity index (χ1) is 19.9. The van der Waals surface area contributed by atoms with Gasteiger partial charge in [0.05, 0.1) is 11.8 Å². The highest BCUT2D eigenvalue weighted by Crippen LogP contribution is 2.47. The second kappa shape index (κ2) is 10.1. The smallest absolute Gasteiger partial charge is 0.244 e. The van der Waals surface area contributed by atoms with Gasteiger partial charge in [-0.3, -0.25) is 24.4 Å². The van der Waals surface area contributed by atoms with E-state index < -0.39 is 17.0 Å². The Bertz CT molecular complexity index is 1420. The number of benzene rings is 1. The molecule has 0 spiro atoms. The van der Waals surface area contributed by atoms with Gasteiger partial charge in [0.2, 0.25) is 11.8 Å². The fraction of sp³-hybridized carbons (Fsp3) is 0.469. The summed E-state index contributed by atoms with van der Waals surface area (Å²) in [5, 5.41) is 3.38. The Hall–Kier alpha value is -3.56. The van der Waals surface area contributed by atoms with Crippen LogP contribution in [-0.4, -0.2) is 70.5 Å². The summed E-state index contributed by atoms with van der Waals surface area (Å²) in [6, 6.07) is 10.8. The number of carbonyl (C=O) groups is 2. The van der Waals surface area contributed by atoms with E-state index >= 15 is 0 Å². The molecular weight excluding hydrogens is 521 g/mol. The van der Waals surface area contributed by atoms with Gasteiger partial charge in [-0.25, -0.2) is 4.39 Å². The van der Waals surface area contributed by atoms with Crippen LogP contribution in [-0.2, 0) is 19.9 Å². The third kappa shape index (κ3) is 4.95. The van der Waals surface area contributed by atoms with E-state index in [0.717, 1.165) is 57.9 Å². The molecule has 2 amide bonds. The van der Waals surface area contributed by atoms with Crippen molar-refractivity contribution in [2.45, 2.75) is 68.2 Å². The van der Waals surface area contributed by atoms with Crippen molar-refractivity contribution in [3.05, 3.63) is 77.5 Å². The third-order valence-electron chi connectivity index (χ3n) is 9.31. The number of halogens is 1.